The van der Waals surface area contributed by atoms with Crippen molar-refractivity contribution in [3.05, 3.63) is 35.1 Å². The molecule has 0 amide bonds. The van der Waals surface area contributed by atoms with Gasteiger partial charge in [-0.2, -0.15) is 0 Å². The van der Waals surface area contributed by atoms with E-state index in [1.165, 1.54) is 6.07 Å². The lowest BCUT2D eigenvalue weighted by Gasteiger charge is -2.26. The lowest BCUT2D eigenvalue weighted by molar-refractivity contribution is 0.0337. The summed E-state index contributed by atoms with van der Waals surface area (Å²) >= 11 is 0. The minimum atomic E-state index is -0.312. The van der Waals surface area contributed by atoms with Crippen molar-refractivity contribution in [2.24, 2.45) is 0 Å². The maximum atomic E-state index is 14.0. The van der Waals surface area contributed by atoms with Gasteiger partial charge in [0.25, 0.3) is 0 Å². The Morgan fingerprint density at radius 3 is 2.79 bits per heavy atom. The van der Waals surface area contributed by atoms with Crippen LogP contribution in [0.25, 0.3) is 0 Å². The molecule has 19 heavy (non-hydrogen) atoms. The first-order chi connectivity index (χ1) is 9.20. The molecule has 0 atom stereocenters. The molecule has 1 aromatic carbocycles. The molecule has 0 aliphatic carbocycles. The molecule has 0 radical (unpaired) electrons. The number of hydrogen-bond donors (Lipinski definition) is 1. The van der Waals surface area contributed by atoms with Crippen LogP contribution in [0.1, 0.15) is 15.9 Å². The molecular formula is C14H19FN2O2. The first-order valence-corrected chi connectivity index (χ1v) is 6.47. The minimum Gasteiger partial charge on any atom is -0.379 e. The third-order valence-electron chi connectivity index (χ3n) is 3.21. The third-order valence-corrected chi connectivity index (χ3v) is 3.21. The number of halogens is 1. The van der Waals surface area contributed by atoms with Crippen LogP contribution in [-0.2, 0) is 11.3 Å². The number of benzene rings is 1. The van der Waals surface area contributed by atoms with Crippen molar-refractivity contribution in [1.29, 1.82) is 0 Å². The number of hydrogen-bond acceptors (Lipinski definition) is 4. The zero-order chi connectivity index (χ0) is 13.7. The molecule has 1 fully saturated rings. The zero-order valence-corrected chi connectivity index (χ0v) is 11.1. The lowest BCUT2D eigenvalue weighted by atomic mass is 10.1. The molecule has 0 aromatic heterocycles. The summed E-state index contributed by atoms with van der Waals surface area (Å²) in [5, 5.41) is 2.77. The molecular weight excluding hydrogens is 247 g/mol. The Balaban J connectivity index is 2.04. The average molecular weight is 266 g/mol. The summed E-state index contributed by atoms with van der Waals surface area (Å²) in [6.45, 7) is 3.82. The van der Waals surface area contributed by atoms with Gasteiger partial charge >= 0.3 is 0 Å². The van der Waals surface area contributed by atoms with Gasteiger partial charge in [-0.15, -0.1) is 0 Å². The van der Waals surface area contributed by atoms with Crippen LogP contribution in [0, 0.1) is 5.82 Å². The maximum absolute atomic E-state index is 14.0. The van der Waals surface area contributed by atoms with Crippen molar-refractivity contribution in [2.75, 3.05) is 39.9 Å². The third kappa shape index (κ3) is 3.83. The van der Waals surface area contributed by atoms with Crippen LogP contribution >= 0.6 is 0 Å². The van der Waals surface area contributed by atoms with Crippen molar-refractivity contribution in [2.45, 2.75) is 6.54 Å². The number of carbonyl (C=O) groups excluding carboxylic acids is 1. The van der Waals surface area contributed by atoms with Gasteiger partial charge in [0, 0.05) is 30.8 Å². The van der Waals surface area contributed by atoms with E-state index >= 15 is 0 Å². The predicted octanol–water partition coefficient (Wildman–Crippen LogP) is 1.06. The van der Waals surface area contributed by atoms with Gasteiger partial charge in [0.2, 0.25) is 0 Å². The summed E-state index contributed by atoms with van der Waals surface area (Å²) < 4.78 is 19.2. The van der Waals surface area contributed by atoms with Crippen molar-refractivity contribution in [1.82, 2.24) is 10.2 Å². The molecule has 1 heterocycles. The molecule has 1 aliphatic rings. The Morgan fingerprint density at radius 1 is 1.42 bits per heavy atom. The molecule has 104 valence electrons. The molecule has 0 unspecified atom stereocenters. The van der Waals surface area contributed by atoms with Gasteiger partial charge in [-0.3, -0.25) is 9.69 Å². The fraction of sp³-hybridized carbons (Fsp3) is 0.500. The van der Waals surface area contributed by atoms with Gasteiger partial charge in [0.1, 0.15) is 5.82 Å². The van der Waals surface area contributed by atoms with Crippen LogP contribution in [-0.4, -0.2) is 50.6 Å². The Labute approximate surface area is 112 Å². The average Bonchev–Trinajstić information content (AvgIpc) is 2.42. The van der Waals surface area contributed by atoms with Gasteiger partial charge in [0.05, 0.1) is 19.8 Å². The number of morpholine rings is 1. The van der Waals surface area contributed by atoms with Crippen molar-refractivity contribution < 1.29 is 13.9 Å². The van der Waals surface area contributed by atoms with Gasteiger partial charge in [-0.05, 0) is 13.1 Å². The second-order valence-electron chi connectivity index (χ2n) is 4.65. The Kier molecular flexibility index (Phi) is 5.01. The van der Waals surface area contributed by atoms with Crippen LogP contribution in [0.3, 0.4) is 0 Å². The van der Waals surface area contributed by atoms with Crippen LogP contribution in [0.2, 0.25) is 0 Å². The number of carbonyl (C=O) groups is 1. The van der Waals surface area contributed by atoms with E-state index in [2.05, 4.69) is 10.2 Å². The van der Waals surface area contributed by atoms with Gasteiger partial charge in [-0.25, -0.2) is 4.39 Å². The van der Waals surface area contributed by atoms with Gasteiger partial charge in [-0.1, -0.05) is 12.1 Å². The topological polar surface area (TPSA) is 41.6 Å². The largest absolute Gasteiger partial charge is 0.379 e. The van der Waals surface area contributed by atoms with E-state index in [0.717, 1.165) is 13.1 Å². The van der Waals surface area contributed by atoms with Crippen LogP contribution < -0.4 is 5.32 Å². The fourth-order valence-corrected chi connectivity index (χ4v) is 2.11. The zero-order valence-electron chi connectivity index (χ0n) is 11.1. The lowest BCUT2D eigenvalue weighted by Crippen LogP contribution is -2.35. The molecule has 0 saturated carbocycles. The molecule has 4 nitrogen and oxygen atoms in total. The summed E-state index contributed by atoms with van der Waals surface area (Å²) in [6, 6.07) is 4.72. The molecule has 2 rings (SSSR count). The summed E-state index contributed by atoms with van der Waals surface area (Å²) in [6.07, 6.45) is 0. The summed E-state index contributed by atoms with van der Waals surface area (Å²) in [7, 11) is 1.70. The Bertz CT molecular complexity index is 445. The SMILES string of the molecule is CNCC(=O)c1ccc(CN2CCOCC2)c(F)c1. The van der Waals surface area contributed by atoms with E-state index in [1.54, 1.807) is 19.2 Å². The van der Waals surface area contributed by atoms with Gasteiger partial charge < -0.3 is 10.1 Å². The highest BCUT2D eigenvalue weighted by Crippen LogP contribution is 2.14. The highest BCUT2D eigenvalue weighted by Gasteiger charge is 2.14. The second kappa shape index (κ2) is 6.75. The molecule has 0 spiro atoms. The highest BCUT2D eigenvalue weighted by molar-refractivity contribution is 5.97. The van der Waals surface area contributed by atoms with E-state index in [-0.39, 0.29) is 18.1 Å². The second-order valence-corrected chi connectivity index (χ2v) is 4.65. The monoisotopic (exact) mass is 266 g/mol. The molecule has 1 aliphatic heterocycles. The van der Waals surface area contributed by atoms with E-state index in [9.17, 15) is 9.18 Å². The summed E-state index contributed by atoms with van der Waals surface area (Å²) in [4.78, 5) is 13.8. The number of nitrogens with one attached hydrogen (secondary N) is 1. The number of likely N-dealkylation sites (N-methyl/N-ethyl adjacent to an activating group) is 1. The van der Waals surface area contributed by atoms with Crippen LogP contribution in [0.15, 0.2) is 18.2 Å². The maximum Gasteiger partial charge on any atom is 0.176 e. The van der Waals surface area contributed by atoms with Crippen molar-refractivity contribution >= 4 is 5.78 Å². The molecule has 1 N–H and O–H groups in total. The quantitative estimate of drug-likeness (QED) is 0.809. The highest BCUT2D eigenvalue weighted by atomic mass is 19.1. The fourth-order valence-electron chi connectivity index (χ4n) is 2.11. The van der Waals surface area contributed by atoms with E-state index in [4.69, 9.17) is 4.74 Å². The molecule has 1 aromatic rings. The van der Waals surface area contributed by atoms with E-state index < -0.39 is 0 Å². The molecule has 1 saturated heterocycles. The minimum absolute atomic E-state index is 0.0978. The standard InChI is InChI=1S/C14H19FN2O2/c1-16-9-14(18)11-2-3-12(13(15)8-11)10-17-4-6-19-7-5-17/h2-3,8,16H,4-7,9-10H2,1H3. The Morgan fingerprint density at radius 2 is 2.16 bits per heavy atom. The van der Waals surface area contributed by atoms with Crippen molar-refractivity contribution in [3.8, 4) is 0 Å². The summed E-state index contributed by atoms with van der Waals surface area (Å²) in [5.74, 6) is -0.409. The van der Waals surface area contributed by atoms with E-state index in [0.29, 0.717) is 30.9 Å². The number of Topliss-reactive ketones (excluding diaryl/α,β-unsaturated/α-hetero) is 1. The normalized spacial score (nSPS) is 16.5. The van der Waals surface area contributed by atoms with E-state index in [1.807, 2.05) is 0 Å². The van der Waals surface area contributed by atoms with Gasteiger partial charge in [0.15, 0.2) is 5.78 Å². The van der Waals surface area contributed by atoms with Crippen molar-refractivity contribution in [3.63, 3.8) is 0 Å². The smallest absolute Gasteiger partial charge is 0.176 e. The first kappa shape index (κ1) is 14.1. The number of ketones is 1. The number of nitrogens with zero attached hydrogens (tertiary/aromatic N) is 1. The number of ether oxygens (including phenoxy) is 1. The van der Waals surface area contributed by atoms with Crippen LogP contribution in [0.4, 0.5) is 4.39 Å². The Hall–Kier alpha value is -1.30. The number of rotatable bonds is 5. The van der Waals surface area contributed by atoms with Crippen LogP contribution in [0.5, 0.6) is 0 Å². The summed E-state index contributed by atoms with van der Waals surface area (Å²) in [5.41, 5.74) is 1.04. The predicted molar refractivity (Wildman–Crippen MR) is 70.8 cm³/mol. The molecule has 5 heteroatoms. The molecule has 0 bridgehead atoms. The first-order valence-electron chi connectivity index (χ1n) is 6.47.